The van der Waals surface area contributed by atoms with E-state index in [0.717, 1.165) is 38.2 Å². The first-order valence-electron chi connectivity index (χ1n) is 9.81. The maximum Gasteiger partial charge on any atom is 0.234 e. The molecule has 1 aromatic rings. The van der Waals surface area contributed by atoms with Gasteiger partial charge < -0.3 is 19.5 Å². The van der Waals surface area contributed by atoms with Crippen molar-refractivity contribution in [2.24, 2.45) is 0 Å². The highest BCUT2D eigenvalue weighted by Crippen LogP contribution is 2.38. The summed E-state index contributed by atoms with van der Waals surface area (Å²) < 4.78 is 16.1. The molecule has 1 saturated heterocycles. The Bertz CT molecular complexity index is 633. The number of nitrogens with zero attached hydrogens (tertiary/aromatic N) is 2. The van der Waals surface area contributed by atoms with E-state index in [0.29, 0.717) is 30.3 Å². The molecular weight excluding hydrogens is 358 g/mol. The van der Waals surface area contributed by atoms with E-state index in [-0.39, 0.29) is 11.4 Å². The molecular formula is C21H35N3O4. The molecule has 158 valence electrons. The second-order valence-corrected chi connectivity index (χ2v) is 8.10. The van der Waals surface area contributed by atoms with Crippen molar-refractivity contribution in [3.63, 3.8) is 0 Å². The summed E-state index contributed by atoms with van der Waals surface area (Å²) in [6, 6.07) is 3.71. The molecule has 0 unspecified atom stereocenters. The molecule has 0 atom stereocenters. The number of nitrogens with one attached hydrogen (secondary N) is 1. The zero-order valence-electron chi connectivity index (χ0n) is 18.1. The minimum absolute atomic E-state index is 0.0259. The molecule has 1 aliphatic heterocycles. The topological polar surface area (TPSA) is 63.3 Å². The first-order chi connectivity index (χ1) is 13.3. The monoisotopic (exact) mass is 393 g/mol. The van der Waals surface area contributed by atoms with Crippen LogP contribution in [0.1, 0.15) is 32.8 Å². The van der Waals surface area contributed by atoms with Crippen LogP contribution in [0, 0.1) is 0 Å². The fourth-order valence-corrected chi connectivity index (χ4v) is 3.50. The molecule has 7 heteroatoms. The number of benzene rings is 1. The van der Waals surface area contributed by atoms with Gasteiger partial charge in [-0.2, -0.15) is 0 Å². The summed E-state index contributed by atoms with van der Waals surface area (Å²) in [6.45, 7) is 11.5. The number of carbonyl (C=O) groups is 1. The fourth-order valence-electron chi connectivity index (χ4n) is 3.50. The lowest BCUT2D eigenvalue weighted by molar-refractivity contribution is -0.122. The minimum atomic E-state index is 0.0259. The van der Waals surface area contributed by atoms with Gasteiger partial charge in [0.15, 0.2) is 11.5 Å². The molecule has 1 heterocycles. The average Bonchev–Trinajstić information content (AvgIpc) is 2.90. The van der Waals surface area contributed by atoms with Crippen LogP contribution >= 0.6 is 0 Å². The van der Waals surface area contributed by atoms with Crippen molar-refractivity contribution in [3.8, 4) is 17.2 Å². The third-order valence-corrected chi connectivity index (χ3v) is 5.12. The zero-order chi connectivity index (χ0) is 20.7. The first-order valence-corrected chi connectivity index (χ1v) is 9.81. The van der Waals surface area contributed by atoms with Gasteiger partial charge in [-0.1, -0.05) is 0 Å². The van der Waals surface area contributed by atoms with Crippen LogP contribution in [0.15, 0.2) is 12.1 Å². The Morgan fingerprint density at radius 2 is 1.64 bits per heavy atom. The molecule has 0 aromatic heterocycles. The van der Waals surface area contributed by atoms with E-state index in [1.165, 1.54) is 0 Å². The van der Waals surface area contributed by atoms with E-state index in [4.69, 9.17) is 14.2 Å². The van der Waals surface area contributed by atoms with Crippen LogP contribution < -0.4 is 19.5 Å². The number of rotatable bonds is 7. The van der Waals surface area contributed by atoms with Crippen molar-refractivity contribution >= 4 is 5.91 Å². The minimum Gasteiger partial charge on any atom is -0.493 e. The Labute approximate surface area is 168 Å². The molecule has 0 bridgehead atoms. The van der Waals surface area contributed by atoms with Crippen LogP contribution in [0.4, 0.5) is 0 Å². The van der Waals surface area contributed by atoms with Crippen molar-refractivity contribution in [1.29, 1.82) is 0 Å². The average molecular weight is 394 g/mol. The van der Waals surface area contributed by atoms with E-state index in [1.54, 1.807) is 21.3 Å². The van der Waals surface area contributed by atoms with E-state index >= 15 is 0 Å². The molecule has 1 aromatic carbocycles. The lowest BCUT2D eigenvalue weighted by atomic mass is 10.1. The summed E-state index contributed by atoms with van der Waals surface area (Å²) in [7, 11) is 4.74. The van der Waals surface area contributed by atoms with E-state index in [1.807, 2.05) is 12.1 Å². The number of carbonyl (C=O) groups excluding carboxylic acids is 1. The molecule has 1 aliphatic rings. The second kappa shape index (κ2) is 9.98. The summed E-state index contributed by atoms with van der Waals surface area (Å²) >= 11 is 0. The normalized spacial score (nSPS) is 16.4. The third-order valence-electron chi connectivity index (χ3n) is 5.12. The van der Waals surface area contributed by atoms with Gasteiger partial charge in [0, 0.05) is 25.2 Å². The Balaban J connectivity index is 1.90. The largest absolute Gasteiger partial charge is 0.493 e. The van der Waals surface area contributed by atoms with E-state index in [2.05, 4.69) is 35.9 Å². The Hall–Kier alpha value is -1.99. The molecule has 0 spiro atoms. The SMILES string of the molecule is COc1cc(CNC(=O)CN2CCCN(C(C)(C)C)CC2)cc(OC)c1OC. The van der Waals surface area contributed by atoms with E-state index in [9.17, 15) is 4.79 Å². The van der Waals surface area contributed by atoms with Crippen LogP contribution in [0.2, 0.25) is 0 Å². The van der Waals surface area contributed by atoms with Crippen LogP contribution in [-0.4, -0.2) is 75.3 Å². The van der Waals surface area contributed by atoms with Crippen molar-refractivity contribution in [3.05, 3.63) is 17.7 Å². The molecule has 1 N–H and O–H groups in total. The number of hydrogen-bond acceptors (Lipinski definition) is 6. The highest BCUT2D eigenvalue weighted by Gasteiger charge is 2.24. The summed E-state index contributed by atoms with van der Waals surface area (Å²) in [5, 5.41) is 3.00. The standard InChI is InChI=1S/C21H35N3O4/c1-21(2,3)24-9-7-8-23(10-11-24)15-19(25)22-14-16-12-17(26-4)20(28-6)18(13-16)27-5/h12-13H,7-11,14-15H2,1-6H3,(H,22,25). The third kappa shape index (κ3) is 6.01. The lowest BCUT2D eigenvalue weighted by Gasteiger charge is -2.34. The van der Waals surface area contributed by atoms with E-state index < -0.39 is 0 Å². The summed E-state index contributed by atoms with van der Waals surface area (Å²) in [5.74, 6) is 1.74. The van der Waals surface area contributed by atoms with Crippen molar-refractivity contribution in [2.75, 3.05) is 54.1 Å². The van der Waals surface area contributed by atoms with Gasteiger partial charge in [0.05, 0.1) is 27.9 Å². The number of hydrogen-bond donors (Lipinski definition) is 1. The molecule has 28 heavy (non-hydrogen) atoms. The second-order valence-electron chi connectivity index (χ2n) is 8.10. The number of ether oxygens (including phenoxy) is 3. The van der Waals surface area contributed by atoms with Gasteiger partial charge in [0.25, 0.3) is 0 Å². The summed E-state index contributed by atoms with van der Waals surface area (Å²) in [6.07, 6.45) is 1.08. The number of methoxy groups -OCH3 is 3. The predicted molar refractivity (Wildman–Crippen MR) is 110 cm³/mol. The summed E-state index contributed by atoms with van der Waals surface area (Å²) in [4.78, 5) is 17.2. The van der Waals surface area contributed by atoms with Crippen LogP contribution in [0.25, 0.3) is 0 Å². The maximum absolute atomic E-state index is 12.5. The number of amides is 1. The van der Waals surface area contributed by atoms with Gasteiger partial charge in [-0.3, -0.25) is 14.6 Å². The first kappa shape index (κ1) is 22.3. The summed E-state index contributed by atoms with van der Waals surface area (Å²) in [5.41, 5.74) is 1.07. The molecule has 0 saturated carbocycles. The van der Waals surface area contributed by atoms with Crippen LogP contribution in [-0.2, 0) is 11.3 Å². The molecule has 0 aliphatic carbocycles. The molecule has 2 rings (SSSR count). The quantitative estimate of drug-likeness (QED) is 0.766. The van der Waals surface area contributed by atoms with Crippen molar-refractivity contribution in [1.82, 2.24) is 15.1 Å². The smallest absolute Gasteiger partial charge is 0.234 e. The van der Waals surface area contributed by atoms with Crippen LogP contribution in [0.3, 0.4) is 0 Å². The van der Waals surface area contributed by atoms with Gasteiger partial charge >= 0.3 is 0 Å². The zero-order valence-corrected chi connectivity index (χ0v) is 18.1. The van der Waals surface area contributed by atoms with Gasteiger partial charge in [0.2, 0.25) is 11.7 Å². The van der Waals surface area contributed by atoms with Crippen molar-refractivity contribution < 1.29 is 19.0 Å². The fraction of sp³-hybridized carbons (Fsp3) is 0.667. The predicted octanol–water partition coefficient (Wildman–Crippen LogP) is 2.13. The molecule has 1 amide bonds. The van der Waals surface area contributed by atoms with Crippen LogP contribution in [0.5, 0.6) is 17.2 Å². The van der Waals surface area contributed by atoms with Gasteiger partial charge in [-0.05, 0) is 58.0 Å². The van der Waals surface area contributed by atoms with Gasteiger partial charge in [-0.25, -0.2) is 0 Å². The highest BCUT2D eigenvalue weighted by atomic mass is 16.5. The van der Waals surface area contributed by atoms with Gasteiger partial charge in [-0.15, -0.1) is 0 Å². The lowest BCUT2D eigenvalue weighted by Crippen LogP contribution is -2.44. The molecule has 1 fully saturated rings. The van der Waals surface area contributed by atoms with Gasteiger partial charge in [0.1, 0.15) is 0 Å². The van der Waals surface area contributed by atoms with Crippen molar-refractivity contribution in [2.45, 2.75) is 39.3 Å². The highest BCUT2D eigenvalue weighted by molar-refractivity contribution is 5.78. The Kier molecular flexibility index (Phi) is 7.95. The maximum atomic E-state index is 12.5. The Morgan fingerprint density at radius 1 is 1.00 bits per heavy atom. The molecule has 0 radical (unpaired) electrons. The molecule has 7 nitrogen and oxygen atoms in total. The Morgan fingerprint density at radius 3 is 2.18 bits per heavy atom.